The molecule has 122 valence electrons. The summed E-state index contributed by atoms with van der Waals surface area (Å²) >= 11 is 6.01. The van der Waals surface area contributed by atoms with Crippen molar-refractivity contribution in [2.75, 3.05) is 14.2 Å². The predicted octanol–water partition coefficient (Wildman–Crippen LogP) is 3.65. The number of carbonyl (C=O) groups excluding carboxylic acids is 1. The third-order valence-corrected chi connectivity index (χ3v) is 3.91. The van der Waals surface area contributed by atoms with Crippen LogP contribution in [0.3, 0.4) is 0 Å². The van der Waals surface area contributed by atoms with E-state index in [0.717, 1.165) is 11.1 Å². The predicted molar refractivity (Wildman–Crippen MR) is 90.9 cm³/mol. The van der Waals surface area contributed by atoms with Gasteiger partial charge in [0.2, 0.25) is 5.91 Å². The average molecular weight is 334 g/mol. The van der Waals surface area contributed by atoms with Gasteiger partial charge in [0, 0.05) is 30.6 Å². The Labute approximate surface area is 141 Å². The largest absolute Gasteiger partial charge is 0.508 e. The Morgan fingerprint density at radius 1 is 1.22 bits per heavy atom. The first-order chi connectivity index (χ1) is 11.0. The van der Waals surface area contributed by atoms with Gasteiger partial charge in [-0.2, -0.15) is 0 Å². The van der Waals surface area contributed by atoms with Gasteiger partial charge >= 0.3 is 0 Å². The maximum Gasteiger partial charge on any atom is 0.222 e. The molecule has 5 heteroatoms. The number of phenolic OH excluding ortho intramolecular Hbond substituents is 1. The van der Waals surface area contributed by atoms with Crippen LogP contribution in [0.5, 0.6) is 11.5 Å². The average Bonchev–Trinajstić information content (AvgIpc) is 2.54. The number of hydrogen-bond donors (Lipinski definition) is 1. The van der Waals surface area contributed by atoms with E-state index in [4.69, 9.17) is 16.3 Å². The number of phenols is 1. The minimum Gasteiger partial charge on any atom is -0.508 e. The van der Waals surface area contributed by atoms with Crippen molar-refractivity contribution in [3.8, 4) is 11.5 Å². The van der Waals surface area contributed by atoms with E-state index in [0.29, 0.717) is 30.2 Å². The van der Waals surface area contributed by atoms with E-state index in [1.165, 1.54) is 0 Å². The Morgan fingerprint density at radius 3 is 2.65 bits per heavy atom. The van der Waals surface area contributed by atoms with Crippen LogP contribution in [0.25, 0.3) is 0 Å². The van der Waals surface area contributed by atoms with Crippen LogP contribution in [-0.4, -0.2) is 30.1 Å². The summed E-state index contributed by atoms with van der Waals surface area (Å²) in [5.41, 5.74) is 1.63. The Balaban J connectivity index is 1.98. The second kappa shape index (κ2) is 7.88. The zero-order chi connectivity index (χ0) is 16.8. The van der Waals surface area contributed by atoms with Crippen molar-refractivity contribution in [2.45, 2.75) is 19.4 Å². The van der Waals surface area contributed by atoms with E-state index in [2.05, 4.69) is 0 Å². The topological polar surface area (TPSA) is 49.8 Å². The number of para-hydroxylation sites is 1. The van der Waals surface area contributed by atoms with Crippen LogP contribution in [-0.2, 0) is 17.8 Å². The number of hydrogen-bond acceptors (Lipinski definition) is 3. The fourth-order valence-corrected chi connectivity index (χ4v) is 2.56. The summed E-state index contributed by atoms with van der Waals surface area (Å²) in [6.45, 7) is 0.420. The number of halogens is 1. The highest BCUT2D eigenvalue weighted by Crippen LogP contribution is 2.24. The number of aromatic hydroxyl groups is 1. The van der Waals surface area contributed by atoms with Gasteiger partial charge in [0.1, 0.15) is 11.5 Å². The summed E-state index contributed by atoms with van der Waals surface area (Å²) in [6, 6.07) is 12.4. The van der Waals surface area contributed by atoms with Gasteiger partial charge in [0.25, 0.3) is 0 Å². The molecule has 23 heavy (non-hydrogen) atoms. The first-order valence-electron chi connectivity index (χ1n) is 7.34. The standard InChI is InChI=1S/C18H20ClNO3/c1-20(12-14-11-15(19)8-9-17(14)23-2)18(22)10-7-13-5-3-4-6-16(13)21/h3-6,8-9,11,21H,7,10,12H2,1-2H3. The molecule has 1 N–H and O–H groups in total. The first kappa shape index (κ1) is 17.2. The summed E-state index contributed by atoms with van der Waals surface area (Å²) in [4.78, 5) is 13.9. The van der Waals surface area contributed by atoms with Crippen LogP contribution in [0.15, 0.2) is 42.5 Å². The molecule has 2 aromatic carbocycles. The van der Waals surface area contributed by atoms with E-state index in [9.17, 15) is 9.90 Å². The van der Waals surface area contributed by atoms with E-state index < -0.39 is 0 Å². The summed E-state index contributed by atoms with van der Waals surface area (Å²) in [5.74, 6) is 0.921. The molecule has 0 heterocycles. The molecule has 0 aliphatic rings. The molecule has 2 rings (SSSR count). The third kappa shape index (κ3) is 4.63. The number of methoxy groups -OCH3 is 1. The van der Waals surface area contributed by atoms with Gasteiger partial charge in [-0.05, 0) is 36.2 Å². The molecule has 1 amide bonds. The summed E-state index contributed by atoms with van der Waals surface area (Å²) < 4.78 is 5.30. The number of carbonyl (C=O) groups is 1. The van der Waals surface area contributed by atoms with Gasteiger partial charge in [-0.25, -0.2) is 0 Å². The van der Waals surface area contributed by atoms with Crippen molar-refractivity contribution in [2.24, 2.45) is 0 Å². The molecule has 4 nitrogen and oxygen atoms in total. The van der Waals surface area contributed by atoms with Crippen LogP contribution in [0.1, 0.15) is 17.5 Å². The van der Waals surface area contributed by atoms with Crippen molar-refractivity contribution >= 4 is 17.5 Å². The van der Waals surface area contributed by atoms with E-state index >= 15 is 0 Å². The minimum absolute atomic E-state index is 0.00437. The van der Waals surface area contributed by atoms with Crippen LogP contribution < -0.4 is 4.74 Å². The highest BCUT2D eigenvalue weighted by molar-refractivity contribution is 6.30. The van der Waals surface area contributed by atoms with Gasteiger partial charge in [-0.15, -0.1) is 0 Å². The van der Waals surface area contributed by atoms with Crippen LogP contribution in [0.2, 0.25) is 5.02 Å². The Kier molecular flexibility index (Phi) is 5.88. The van der Waals surface area contributed by atoms with E-state index in [1.54, 1.807) is 49.4 Å². The third-order valence-electron chi connectivity index (χ3n) is 3.68. The van der Waals surface area contributed by atoms with Gasteiger partial charge in [0.15, 0.2) is 0 Å². The zero-order valence-corrected chi connectivity index (χ0v) is 14.0. The number of amides is 1. The fraction of sp³-hybridized carbons (Fsp3) is 0.278. The molecule has 0 spiro atoms. The van der Waals surface area contributed by atoms with Crippen LogP contribution >= 0.6 is 11.6 Å². The molecule has 0 aromatic heterocycles. The smallest absolute Gasteiger partial charge is 0.222 e. The Hall–Kier alpha value is -2.20. The molecule has 0 atom stereocenters. The van der Waals surface area contributed by atoms with Crippen molar-refractivity contribution < 1.29 is 14.6 Å². The monoisotopic (exact) mass is 333 g/mol. The number of nitrogens with zero attached hydrogens (tertiary/aromatic N) is 1. The lowest BCUT2D eigenvalue weighted by molar-refractivity contribution is -0.130. The molecular formula is C18H20ClNO3. The van der Waals surface area contributed by atoms with Crippen molar-refractivity contribution in [1.82, 2.24) is 4.90 Å². The highest BCUT2D eigenvalue weighted by Gasteiger charge is 2.13. The quantitative estimate of drug-likeness (QED) is 0.878. The van der Waals surface area contributed by atoms with Crippen molar-refractivity contribution in [3.05, 3.63) is 58.6 Å². The SMILES string of the molecule is COc1ccc(Cl)cc1CN(C)C(=O)CCc1ccccc1O. The molecule has 0 aliphatic heterocycles. The lowest BCUT2D eigenvalue weighted by atomic mass is 10.1. The second-order valence-corrected chi connectivity index (χ2v) is 5.77. The molecular weight excluding hydrogens is 314 g/mol. The summed E-state index contributed by atoms with van der Waals surface area (Å²) in [5, 5.41) is 10.3. The Bertz CT molecular complexity index is 688. The molecule has 0 saturated carbocycles. The first-order valence-corrected chi connectivity index (χ1v) is 7.72. The second-order valence-electron chi connectivity index (χ2n) is 5.33. The number of ether oxygens (including phenoxy) is 1. The molecule has 0 saturated heterocycles. The lowest BCUT2D eigenvalue weighted by Crippen LogP contribution is -2.26. The highest BCUT2D eigenvalue weighted by atomic mass is 35.5. The zero-order valence-electron chi connectivity index (χ0n) is 13.3. The van der Waals surface area contributed by atoms with Gasteiger partial charge in [0.05, 0.1) is 7.11 Å². The number of benzene rings is 2. The van der Waals surface area contributed by atoms with Gasteiger partial charge < -0.3 is 14.7 Å². The van der Waals surface area contributed by atoms with Crippen LogP contribution in [0.4, 0.5) is 0 Å². The van der Waals surface area contributed by atoms with E-state index in [-0.39, 0.29) is 11.7 Å². The maximum atomic E-state index is 12.3. The number of rotatable bonds is 6. The maximum absolute atomic E-state index is 12.3. The number of aryl methyl sites for hydroxylation is 1. The van der Waals surface area contributed by atoms with Crippen LogP contribution in [0, 0.1) is 0 Å². The minimum atomic E-state index is -0.00437. The molecule has 2 aromatic rings. The summed E-state index contributed by atoms with van der Waals surface area (Å²) in [6.07, 6.45) is 0.833. The molecule has 0 bridgehead atoms. The molecule has 0 unspecified atom stereocenters. The lowest BCUT2D eigenvalue weighted by Gasteiger charge is -2.19. The van der Waals surface area contributed by atoms with Gasteiger partial charge in [-0.3, -0.25) is 4.79 Å². The normalized spacial score (nSPS) is 10.4. The van der Waals surface area contributed by atoms with Crippen molar-refractivity contribution in [3.63, 3.8) is 0 Å². The van der Waals surface area contributed by atoms with E-state index in [1.807, 2.05) is 12.1 Å². The Morgan fingerprint density at radius 2 is 1.96 bits per heavy atom. The van der Waals surface area contributed by atoms with Crippen molar-refractivity contribution in [1.29, 1.82) is 0 Å². The van der Waals surface area contributed by atoms with Gasteiger partial charge in [-0.1, -0.05) is 29.8 Å². The molecule has 0 radical (unpaired) electrons. The molecule has 0 fully saturated rings. The fourth-order valence-electron chi connectivity index (χ4n) is 2.37. The molecule has 0 aliphatic carbocycles. The summed E-state index contributed by atoms with van der Waals surface area (Å²) in [7, 11) is 3.33.